The summed E-state index contributed by atoms with van der Waals surface area (Å²) in [5, 5.41) is 5.22. The molecule has 5 nitrogen and oxygen atoms in total. The maximum Gasteiger partial charge on any atom is 0.308 e. The molecule has 5 rings (SSSR count). The van der Waals surface area contributed by atoms with Crippen molar-refractivity contribution < 1.29 is 14.3 Å². The molecule has 0 fully saturated rings. The molecule has 0 saturated heterocycles. The molecular weight excluding hydrogens is 420 g/mol. The zero-order valence-electron chi connectivity index (χ0n) is 17.6. The number of rotatable bonds is 3. The fourth-order valence-corrected chi connectivity index (χ4v) is 5.13. The lowest BCUT2D eigenvalue weighted by molar-refractivity contribution is -0.131. The topological polar surface area (TPSA) is 58.6 Å². The summed E-state index contributed by atoms with van der Waals surface area (Å²) in [6.07, 6.45) is 0. The van der Waals surface area contributed by atoms with Crippen LogP contribution in [0.3, 0.4) is 0 Å². The number of hydrogen-bond donors (Lipinski definition) is 1. The third kappa shape index (κ3) is 3.39. The molecule has 1 N–H and O–H groups in total. The number of amides is 1. The molecule has 158 valence electrons. The number of carbonyl (C=O) groups is 2. The normalized spacial score (nSPS) is 11.8. The largest absolute Gasteiger partial charge is 0.424 e. The number of fused-ring (bicyclic) bond motifs is 4. The Hall–Kier alpha value is -3.77. The maximum absolute atomic E-state index is 13.0. The molecule has 0 radical (unpaired) electrons. The fraction of sp³-hybridized carbons (Fsp3) is 0.0769. The molecule has 0 aliphatic carbocycles. The fourth-order valence-electron chi connectivity index (χ4n) is 3.99. The molecule has 0 unspecified atom stereocenters. The van der Waals surface area contributed by atoms with Gasteiger partial charge in [-0.3, -0.25) is 14.5 Å². The second-order valence-corrected chi connectivity index (χ2v) is 8.49. The number of hydrogen-bond acceptors (Lipinski definition) is 5. The zero-order valence-corrected chi connectivity index (χ0v) is 18.4. The molecule has 1 aliphatic rings. The molecule has 0 aromatic heterocycles. The Morgan fingerprint density at radius 1 is 0.844 bits per heavy atom. The molecule has 1 amide bonds. The zero-order chi connectivity index (χ0) is 22.2. The van der Waals surface area contributed by atoms with E-state index in [1.165, 1.54) is 13.8 Å². The van der Waals surface area contributed by atoms with Gasteiger partial charge in [-0.2, -0.15) is 0 Å². The van der Waals surface area contributed by atoms with Gasteiger partial charge in [0.2, 0.25) is 5.91 Å². The molecule has 0 spiro atoms. The standard InChI is InChI=1S/C26H20N2O3S/c1-16(29)28(18-10-4-3-5-11-18)24-25(31-17(2)30)20-13-7-6-12-19(20)23-26(24)32-22-15-9-8-14-21(22)27-23/h3-15,27H,1-2H3. The monoisotopic (exact) mass is 440 g/mol. The summed E-state index contributed by atoms with van der Waals surface area (Å²) in [6.45, 7) is 2.89. The minimum atomic E-state index is -0.443. The minimum Gasteiger partial charge on any atom is -0.424 e. The Bertz CT molecular complexity index is 1370. The van der Waals surface area contributed by atoms with Gasteiger partial charge in [0.1, 0.15) is 5.69 Å². The van der Waals surface area contributed by atoms with Crippen LogP contribution in [0.4, 0.5) is 22.7 Å². The average molecular weight is 441 g/mol. The highest BCUT2D eigenvalue weighted by Gasteiger charge is 2.31. The van der Waals surface area contributed by atoms with Gasteiger partial charge in [-0.05, 0) is 24.3 Å². The smallest absolute Gasteiger partial charge is 0.308 e. The van der Waals surface area contributed by atoms with Crippen LogP contribution in [-0.2, 0) is 9.59 Å². The van der Waals surface area contributed by atoms with Crippen molar-refractivity contribution in [2.75, 3.05) is 10.2 Å². The lowest BCUT2D eigenvalue weighted by Crippen LogP contribution is -2.25. The van der Waals surface area contributed by atoms with Gasteiger partial charge in [-0.25, -0.2) is 0 Å². The molecule has 4 aromatic rings. The van der Waals surface area contributed by atoms with Gasteiger partial charge in [0, 0.05) is 35.2 Å². The summed E-state index contributed by atoms with van der Waals surface area (Å²) >= 11 is 1.56. The molecule has 1 heterocycles. The van der Waals surface area contributed by atoms with Crippen LogP contribution in [0.1, 0.15) is 13.8 Å². The first kappa shape index (κ1) is 20.2. The first-order valence-electron chi connectivity index (χ1n) is 10.2. The van der Waals surface area contributed by atoms with Crippen molar-refractivity contribution >= 4 is 57.2 Å². The van der Waals surface area contributed by atoms with Crippen molar-refractivity contribution in [1.82, 2.24) is 0 Å². The van der Waals surface area contributed by atoms with Gasteiger partial charge in [-0.1, -0.05) is 66.4 Å². The van der Waals surface area contributed by atoms with Crippen LogP contribution in [0.2, 0.25) is 0 Å². The van der Waals surface area contributed by atoms with Crippen LogP contribution in [0.15, 0.2) is 88.7 Å². The van der Waals surface area contributed by atoms with Gasteiger partial charge in [0.05, 0.1) is 16.3 Å². The highest BCUT2D eigenvalue weighted by Crippen LogP contribution is 2.56. The summed E-state index contributed by atoms with van der Waals surface area (Å²) < 4.78 is 5.79. The van der Waals surface area contributed by atoms with Crippen LogP contribution >= 0.6 is 11.8 Å². The molecule has 0 atom stereocenters. The summed E-state index contributed by atoms with van der Waals surface area (Å²) in [5.74, 6) is -0.247. The summed E-state index contributed by atoms with van der Waals surface area (Å²) in [4.78, 5) is 28.6. The number of nitrogens with one attached hydrogen (secondary N) is 1. The Kier molecular flexibility index (Phi) is 5.07. The number of anilines is 4. The molecule has 0 saturated carbocycles. The first-order valence-corrected chi connectivity index (χ1v) is 11.0. The molecule has 6 heteroatoms. The van der Waals surface area contributed by atoms with Gasteiger partial charge >= 0.3 is 5.97 Å². The number of carbonyl (C=O) groups excluding carboxylic acids is 2. The Labute approximate surface area is 190 Å². The van der Waals surface area contributed by atoms with Crippen LogP contribution < -0.4 is 15.0 Å². The van der Waals surface area contributed by atoms with E-state index in [-0.39, 0.29) is 5.91 Å². The molecule has 32 heavy (non-hydrogen) atoms. The predicted molar refractivity (Wildman–Crippen MR) is 128 cm³/mol. The van der Waals surface area contributed by atoms with Gasteiger partial charge < -0.3 is 10.1 Å². The Balaban J connectivity index is 1.89. The lowest BCUT2D eigenvalue weighted by Gasteiger charge is -2.31. The highest BCUT2D eigenvalue weighted by atomic mass is 32.2. The maximum atomic E-state index is 13.0. The van der Waals surface area contributed by atoms with Crippen molar-refractivity contribution in [2.45, 2.75) is 23.6 Å². The number of esters is 1. The first-order chi connectivity index (χ1) is 15.5. The summed E-state index contributed by atoms with van der Waals surface area (Å²) in [7, 11) is 0. The molecule has 4 aromatic carbocycles. The van der Waals surface area contributed by atoms with Crippen molar-refractivity contribution in [2.24, 2.45) is 0 Å². The summed E-state index contributed by atoms with van der Waals surface area (Å²) in [5.41, 5.74) is 3.14. The number of benzene rings is 4. The minimum absolute atomic E-state index is 0.179. The van der Waals surface area contributed by atoms with E-state index in [1.807, 2.05) is 78.9 Å². The van der Waals surface area contributed by atoms with Gasteiger partial charge in [-0.15, -0.1) is 0 Å². The molecular formula is C26H20N2O3S. The van der Waals surface area contributed by atoms with Gasteiger partial charge in [0.15, 0.2) is 5.75 Å². The molecule has 1 aliphatic heterocycles. The second-order valence-electron chi connectivity index (χ2n) is 7.43. The van der Waals surface area contributed by atoms with E-state index < -0.39 is 5.97 Å². The van der Waals surface area contributed by atoms with Crippen molar-refractivity contribution in [3.05, 3.63) is 78.9 Å². The van der Waals surface area contributed by atoms with Crippen LogP contribution in [0, 0.1) is 0 Å². The average Bonchev–Trinajstić information content (AvgIpc) is 2.80. The number of para-hydroxylation sites is 2. The SMILES string of the molecule is CC(=O)Oc1c(N(C(C)=O)c2ccccc2)c2c(c3ccccc13)Nc1ccccc1S2. The predicted octanol–water partition coefficient (Wildman–Crippen LogP) is 6.66. The van der Waals surface area contributed by atoms with E-state index in [0.717, 1.165) is 31.9 Å². The third-order valence-corrected chi connectivity index (χ3v) is 6.43. The Morgan fingerprint density at radius 3 is 2.22 bits per heavy atom. The summed E-state index contributed by atoms with van der Waals surface area (Å²) in [6, 6.07) is 25.2. The van der Waals surface area contributed by atoms with Crippen LogP contribution in [0.5, 0.6) is 5.75 Å². The van der Waals surface area contributed by atoms with Crippen molar-refractivity contribution in [3.63, 3.8) is 0 Å². The number of ether oxygens (including phenoxy) is 1. The van der Waals surface area contributed by atoms with Crippen molar-refractivity contribution in [3.8, 4) is 5.75 Å². The number of nitrogens with zero attached hydrogens (tertiary/aromatic N) is 1. The van der Waals surface area contributed by atoms with E-state index in [2.05, 4.69) is 5.32 Å². The van der Waals surface area contributed by atoms with E-state index in [0.29, 0.717) is 17.1 Å². The quantitative estimate of drug-likeness (QED) is 0.251. The second kappa shape index (κ2) is 8.05. The third-order valence-electron chi connectivity index (χ3n) is 5.26. The van der Waals surface area contributed by atoms with E-state index in [9.17, 15) is 9.59 Å². The van der Waals surface area contributed by atoms with E-state index in [1.54, 1.807) is 16.7 Å². The van der Waals surface area contributed by atoms with E-state index >= 15 is 0 Å². The molecule has 0 bridgehead atoms. The van der Waals surface area contributed by atoms with E-state index in [4.69, 9.17) is 4.74 Å². The van der Waals surface area contributed by atoms with Crippen LogP contribution in [-0.4, -0.2) is 11.9 Å². The van der Waals surface area contributed by atoms with Crippen LogP contribution in [0.25, 0.3) is 10.8 Å². The van der Waals surface area contributed by atoms with Gasteiger partial charge in [0.25, 0.3) is 0 Å². The highest BCUT2D eigenvalue weighted by molar-refractivity contribution is 8.00. The lowest BCUT2D eigenvalue weighted by atomic mass is 10.0. The Morgan fingerprint density at radius 2 is 1.50 bits per heavy atom. The van der Waals surface area contributed by atoms with Crippen molar-refractivity contribution in [1.29, 1.82) is 0 Å².